The predicted octanol–water partition coefficient (Wildman–Crippen LogP) is 3.70. The number of nitrogens with two attached hydrogens (primary N) is 1. The molecule has 0 spiro atoms. The number of fused-ring (bicyclic) bond motifs is 1. The van der Waals surface area contributed by atoms with Crippen molar-refractivity contribution >= 4 is 10.9 Å². The van der Waals surface area contributed by atoms with E-state index >= 15 is 0 Å². The predicted molar refractivity (Wildman–Crippen MR) is 82.2 cm³/mol. The fourth-order valence-corrected chi connectivity index (χ4v) is 2.47. The van der Waals surface area contributed by atoms with Gasteiger partial charge in [0.05, 0.1) is 0 Å². The van der Waals surface area contributed by atoms with Crippen molar-refractivity contribution in [3.8, 4) is 11.5 Å². The SMILES string of the molecule is Cc1cn(CCN)c2ccc(Oc3ccccc3)cc12. The van der Waals surface area contributed by atoms with Gasteiger partial charge in [0.15, 0.2) is 0 Å². The third-order valence-electron chi connectivity index (χ3n) is 3.40. The molecular weight excluding hydrogens is 248 g/mol. The fraction of sp³-hybridized carbons (Fsp3) is 0.176. The Bertz CT molecular complexity index is 716. The van der Waals surface area contributed by atoms with Gasteiger partial charge in [-0.15, -0.1) is 0 Å². The van der Waals surface area contributed by atoms with Crippen LogP contribution in [-0.4, -0.2) is 11.1 Å². The van der Waals surface area contributed by atoms with Gasteiger partial charge in [0.1, 0.15) is 11.5 Å². The van der Waals surface area contributed by atoms with E-state index in [1.807, 2.05) is 36.4 Å². The van der Waals surface area contributed by atoms with Crippen molar-refractivity contribution in [1.82, 2.24) is 4.57 Å². The van der Waals surface area contributed by atoms with Crippen LogP contribution in [-0.2, 0) is 6.54 Å². The molecule has 3 rings (SSSR count). The number of hydrogen-bond donors (Lipinski definition) is 1. The Labute approximate surface area is 118 Å². The summed E-state index contributed by atoms with van der Waals surface area (Å²) in [5.41, 5.74) is 8.09. The Kier molecular flexibility index (Phi) is 3.44. The molecule has 0 atom stereocenters. The van der Waals surface area contributed by atoms with Gasteiger partial charge in [-0.2, -0.15) is 0 Å². The fourth-order valence-electron chi connectivity index (χ4n) is 2.47. The molecule has 2 N–H and O–H groups in total. The first-order chi connectivity index (χ1) is 9.78. The number of ether oxygens (including phenoxy) is 1. The van der Waals surface area contributed by atoms with Crippen molar-refractivity contribution in [1.29, 1.82) is 0 Å². The van der Waals surface area contributed by atoms with Gasteiger partial charge in [0, 0.05) is 30.2 Å². The zero-order valence-electron chi connectivity index (χ0n) is 11.5. The molecule has 3 aromatic rings. The topological polar surface area (TPSA) is 40.2 Å². The molecule has 3 nitrogen and oxygen atoms in total. The molecule has 0 bridgehead atoms. The molecule has 0 saturated heterocycles. The van der Waals surface area contributed by atoms with Crippen molar-refractivity contribution in [2.75, 3.05) is 6.54 Å². The van der Waals surface area contributed by atoms with Crippen LogP contribution in [0.15, 0.2) is 54.7 Å². The average molecular weight is 266 g/mol. The Hall–Kier alpha value is -2.26. The molecule has 2 aromatic carbocycles. The summed E-state index contributed by atoms with van der Waals surface area (Å²) in [5, 5.41) is 1.21. The summed E-state index contributed by atoms with van der Waals surface area (Å²) in [6, 6.07) is 16.0. The first-order valence-corrected chi connectivity index (χ1v) is 6.80. The molecule has 3 heteroatoms. The summed E-state index contributed by atoms with van der Waals surface area (Å²) in [5.74, 6) is 1.71. The van der Waals surface area contributed by atoms with Crippen molar-refractivity contribution in [3.63, 3.8) is 0 Å². The summed E-state index contributed by atoms with van der Waals surface area (Å²) in [7, 11) is 0. The number of aryl methyl sites for hydroxylation is 1. The molecule has 0 aliphatic carbocycles. The molecule has 1 aromatic heterocycles. The third-order valence-corrected chi connectivity index (χ3v) is 3.40. The lowest BCUT2D eigenvalue weighted by molar-refractivity contribution is 0.483. The molecule has 0 amide bonds. The highest BCUT2D eigenvalue weighted by Gasteiger charge is 2.07. The van der Waals surface area contributed by atoms with E-state index in [-0.39, 0.29) is 0 Å². The molecule has 0 unspecified atom stereocenters. The highest BCUT2D eigenvalue weighted by molar-refractivity contribution is 5.85. The van der Waals surface area contributed by atoms with E-state index in [0.717, 1.165) is 18.0 Å². The summed E-state index contributed by atoms with van der Waals surface area (Å²) >= 11 is 0. The highest BCUT2D eigenvalue weighted by atomic mass is 16.5. The zero-order chi connectivity index (χ0) is 13.9. The first kappa shape index (κ1) is 12.8. The molecular formula is C17H18N2O. The van der Waals surface area contributed by atoms with Gasteiger partial charge in [-0.25, -0.2) is 0 Å². The van der Waals surface area contributed by atoms with Crippen LogP contribution >= 0.6 is 0 Å². The quantitative estimate of drug-likeness (QED) is 0.782. The monoisotopic (exact) mass is 266 g/mol. The van der Waals surface area contributed by atoms with Crippen LogP contribution in [0.2, 0.25) is 0 Å². The van der Waals surface area contributed by atoms with Gasteiger partial charge in [0.2, 0.25) is 0 Å². The van der Waals surface area contributed by atoms with Gasteiger partial charge in [-0.05, 0) is 42.8 Å². The van der Waals surface area contributed by atoms with Crippen LogP contribution < -0.4 is 10.5 Å². The lowest BCUT2D eigenvalue weighted by atomic mass is 10.2. The summed E-state index contributed by atoms with van der Waals surface area (Å²) in [6.45, 7) is 3.59. The zero-order valence-corrected chi connectivity index (χ0v) is 11.5. The Morgan fingerprint density at radius 2 is 1.85 bits per heavy atom. The first-order valence-electron chi connectivity index (χ1n) is 6.80. The molecule has 0 aliphatic heterocycles. The molecule has 0 aliphatic rings. The summed E-state index contributed by atoms with van der Waals surface area (Å²) < 4.78 is 8.07. The second kappa shape index (κ2) is 5.39. The number of para-hydroxylation sites is 1. The largest absolute Gasteiger partial charge is 0.457 e. The third kappa shape index (κ3) is 2.40. The standard InChI is InChI=1S/C17H18N2O/c1-13-12-19(10-9-18)17-8-7-15(11-16(13)17)20-14-5-3-2-4-6-14/h2-8,11-12H,9-10,18H2,1H3. The maximum atomic E-state index is 5.88. The van der Waals surface area contributed by atoms with Crippen molar-refractivity contribution in [3.05, 3.63) is 60.3 Å². The van der Waals surface area contributed by atoms with Gasteiger partial charge in [-0.3, -0.25) is 0 Å². The molecule has 0 saturated carbocycles. The van der Waals surface area contributed by atoms with Crippen LogP contribution in [0.25, 0.3) is 10.9 Å². The van der Waals surface area contributed by atoms with Gasteiger partial charge < -0.3 is 15.0 Å². The van der Waals surface area contributed by atoms with Crippen LogP contribution in [0, 0.1) is 6.92 Å². The average Bonchev–Trinajstić information content (AvgIpc) is 2.77. The van der Waals surface area contributed by atoms with E-state index in [9.17, 15) is 0 Å². The number of nitrogens with zero attached hydrogens (tertiary/aromatic N) is 1. The maximum Gasteiger partial charge on any atom is 0.128 e. The molecule has 0 radical (unpaired) electrons. The molecule has 1 heterocycles. The molecule has 102 valence electrons. The van der Waals surface area contributed by atoms with E-state index < -0.39 is 0 Å². The second-order valence-electron chi connectivity index (χ2n) is 4.89. The van der Waals surface area contributed by atoms with E-state index in [1.165, 1.54) is 16.5 Å². The van der Waals surface area contributed by atoms with Crippen LogP contribution in [0.4, 0.5) is 0 Å². The van der Waals surface area contributed by atoms with Gasteiger partial charge in [0.25, 0.3) is 0 Å². The normalized spacial score (nSPS) is 10.9. The minimum absolute atomic E-state index is 0.644. The van der Waals surface area contributed by atoms with E-state index in [0.29, 0.717) is 6.54 Å². The smallest absolute Gasteiger partial charge is 0.128 e. The van der Waals surface area contributed by atoms with E-state index in [2.05, 4.69) is 29.8 Å². The number of rotatable bonds is 4. The van der Waals surface area contributed by atoms with Gasteiger partial charge >= 0.3 is 0 Å². The summed E-state index contributed by atoms with van der Waals surface area (Å²) in [6.07, 6.45) is 2.14. The number of benzene rings is 2. The van der Waals surface area contributed by atoms with Crippen LogP contribution in [0.3, 0.4) is 0 Å². The Morgan fingerprint density at radius 3 is 2.60 bits per heavy atom. The van der Waals surface area contributed by atoms with Crippen molar-refractivity contribution < 1.29 is 4.74 Å². The van der Waals surface area contributed by atoms with Crippen LogP contribution in [0.5, 0.6) is 11.5 Å². The number of aromatic nitrogens is 1. The maximum absolute atomic E-state index is 5.88. The lowest BCUT2D eigenvalue weighted by Gasteiger charge is -2.07. The molecule has 0 fully saturated rings. The summed E-state index contributed by atoms with van der Waals surface area (Å²) in [4.78, 5) is 0. The molecule has 20 heavy (non-hydrogen) atoms. The Morgan fingerprint density at radius 1 is 1.05 bits per heavy atom. The van der Waals surface area contributed by atoms with E-state index in [4.69, 9.17) is 10.5 Å². The van der Waals surface area contributed by atoms with E-state index in [1.54, 1.807) is 0 Å². The second-order valence-corrected chi connectivity index (χ2v) is 4.89. The number of hydrogen-bond acceptors (Lipinski definition) is 2. The van der Waals surface area contributed by atoms with Crippen molar-refractivity contribution in [2.24, 2.45) is 5.73 Å². The highest BCUT2D eigenvalue weighted by Crippen LogP contribution is 2.28. The van der Waals surface area contributed by atoms with Gasteiger partial charge in [-0.1, -0.05) is 18.2 Å². The lowest BCUT2D eigenvalue weighted by Crippen LogP contribution is -2.08. The minimum Gasteiger partial charge on any atom is -0.457 e. The van der Waals surface area contributed by atoms with Crippen LogP contribution in [0.1, 0.15) is 5.56 Å². The Balaban J connectivity index is 1.97. The van der Waals surface area contributed by atoms with Crippen molar-refractivity contribution in [2.45, 2.75) is 13.5 Å². The minimum atomic E-state index is 0.644.